The van der Waals surface area contributed by atoms with Gasteiger partial charge < -0.3 is 14.0 Å². The Balaban J connectivity index is 1.96. The number of methoxy groups -OCH3 is 1. The number of hydrogen-bond acceptors (Lipinski definition) is 5. The van der Waals surface area contributed by atoms with Crippen molar-refractivity contribution in [1.82, 2.24) is 10.1 Å². The molecule has 1 aromatic heterocycles. The van der Waals surface area contributed by atoms with Gasteiger partial charge in [-0.1, -0.05) is 30.6 Å². The van der Waals surface area contributed by atoms with E-state index in [2.05, 4.69) is 24.0 Å². The maximum absolute atomic E-state index is 6.31. The van der Waals surface area contributed by atoms with Crippen LogP contribution in [0.4, 0.5) is 0 Å². The van der Waals surface area contributed by atoms with Crippen molar-refractivity contribution in [2.45, 2.75) is 39.0 Å². The Kier molecular flexibility index (Phi) is 4.23. The van der Waals surface area contributed by atoms with E-state index < -0.39 is 0 Å². The van der Waals surface area contributed by atoms with Gasteiger partial charge in [-0.2, -0.15) is 4.98 Å². The normalized spacial score (nSPS) is 14.8. The summed E-state index contributed by atoms with van der Waals surface area (Å²) in [6.07, 6.45) is 2.43. The van der Waals surface area contributed by atoms with E-state index in [0.29, 0.717) is 40.8 Å². The highest BCUT2D eigenvalue weighted by Gasteiger charge is 2.43. The van der Waals surface area contributed by atoms with Gasteiger partial charge in [-0.05, 0) is 37.8 Å². The van der Waals surface area contributed by atoms with Crippen molar-refractivity contribution < 1.29 is 14.0 Å². The zero-order valence-electron chi connectivity index (χ0n) is 13.9. The summed E-state index contributed by atoms with van der Waals surface area (Å²) in [6, 6.07) is 3.59. The molecule has 0 bridgehead atoms. The molecule has 6 heteroatoms. The van der Waals surface area contributed by atoms with E-state index in [-0.39, 0.29) is 5.41 Å². The second kappa shape index (κ2) is 6.04. The van der Waals surface area contributed by atoms with Gasteiger partial charge in [0.25, 0.3) is 0 Å². The Morgan fingerprint density at radius 3 is 2.70 bits per heavy atom. The van der Waals surface area contributed by atoms with Crippen LogP contribution in [0.15, 0.2) is 16.7 Å². The molecule has 0 aliphatic heterocycles. The highest BCUT2D eigenvalue weighted by molar-refractivity contribution is 6.32. The topological polar surface area (TPSA) is 57.4 Å². The van der Waals surface area contributed by atoms with Crippen LogP contribution in [0.2, 0.25) is 5.02 Å². The number of halogens is 1. The van der Waals surface area contributed by atoms with Crippen LogP contribution in [0.3, 0.4) is 0 Å². The smallest absolute Gasteiger partial charge is 0.232 e. The molecule has 0 N–H and O–H groups in total. The lowest BCUT2D eigenvalue weighted by Crippen LogP contribution is -2.20. The number of nitrogens with zero attached hydrogens (tertiary/aromatic N) is 2. The van der Waals surface area contributed by atoms with Crippen LogP contribution in [-0.4, -0.2) is 23.9 Å². The van der Waals surface area contributed by atoms with Crippen molar-refractivity contribution in [1.29, 1.82) is 0 Å². The maximum Gasteiger partial charge on any atom is 0.232 e. The molecule has 23 heavy (non-hydrogen) atoms. The molecule has 0 saturated heterocycles. The van der Waals surface area contributed by atoms with Gasteiger partial charge in [-0.3, -0.25) is 0 Å². The number of ether oxygens (including phenoxy) is 2. The number of rotatable bonds is 6. The predicted molar refractivity (Wildman–Crippen MR) is 88.2 cm³/mol. The SMILES string of the molecule is CCOc1c(Cl)cc(-c2noc(C(C)(C)C3CC3)n2)cc1OC. The van der Waals surface area contributed by atoms with Gasteiger partial charge in [-0.15, -0.1) is 0 Å². The van der Waals surface area contributed by atoms with Crippen LogP contribution in [0.25, 0.3) is 11.4 Å². The number of hydrogen-bond donors (Lipinski definition) is 0. The Hall–Kier alpha value is -1.75. The minimum atomic E-state index is -0.0929. The first-order valence-electron chi connectivity index (χ1n) is 7.82. The zero-order valence-corrected chi connectivity index (χ0v) is 14.6. The molecule has 0 amide bonds. The van der Waals surface area contributed by atoms with Gasteiger partial charge in [-0.25, -0.2) is 0 Å². The number of benzene rings is 1. The molecule has 5 nitrogen and oxygen atoms in total. The van der Waals surface area contributed by atoms with E-state index in [1.165, 1.54) is 12.8 Å². The molecule has 1 heterocycles. The van der Waals surface area contributed by atoms with Crippen molar-refractivity contribution in [2.24, 2.45) is 5.92 Å². The lowest BCUT2D eigenvalue weighted by atomic mass is 9.87. The first kappa shape index (κ1) is 16.1. The van der Waals surface area contributed by atoms with Crippen molar-refractivity contribution >= 4 is 11.6 Å². The molecule has 1 aliphatic rings. The van der Waals surface area contributed by atoms with Crippen LogP contribution in [0.1, 0.15) is 39.5 Å². The summed E-state index contributed by atoms with van der Waals surface area (Å²) in [5.74, 6) is 2.88. The molecular weight excluding hydrogens is 316 g/mol. The Labute approximate surface area is 140 Å². The first-order valence-corrected chi connectivity index (χ1v) is 8.20. The third kappa shape index (κ3) is 3.02. The highest BCUT2D eigenvalue weighted by atomic mass is 35.5. The van der Waals surface area contributed by atoms with E-state index >= 15 is 0 Å². The zero-order chi connectivity index (χ0) is 16.6. The van der Waals surface area contributed by atoms with Gasteiger partial charge in [0.2, 0.25) is 11.7 Å². The van der Waals surface area contributed by atoms with Gasteiger partial charge in [0.05, 0.1) is 18.7 Å². The highest BCUT2D eigenvalue weighted by Crippen LogP contribution is 2.47. The van der Waals surface area contributed by atoms with E-state index in [1.807, 2.05) is 13.0 Å². The molecular formula is C17H21ClN2O3. The monoisotopic (exact) mass is 336 g/mol. The fourth-order valence-corrected chi connectivity index (χ4v) is 2.98. The molecule has 0 unspecified atom stereocenters. The molecule has 1 aliphatic carbocycles. The fraction of sp³-hybridized carbons (Fsp3) is 0.529. The predicted octanol–water partition coefficient (Wildman–Crippen LogP) is 4.48. The van der Waals surface area contributed by atoms with E-state index in [1.54, 1.807) is 13.2 Å². The first-order chi connectivity index (χ1) is 11.0. The van der Waals surface area contributed by atoms with Crippen molar-refractivity contribution in [2.75, 3.05) is 13.7 Å². The molecule has 0 atom stereocenters. The molecule has 1 saturated carbocycles. The summed E-state index contributed by atoms with van der Waals surface area (Å²) in [5, 5.41) is 4.58. The summed E-state index contributed by atoms with van der Waals surface area (Å²) in [7, 11) is 1.58. The Morgan fingerprint density at radius 1 is 1.35 bits per heavy atom. The summed E-state index contributed by atoms with van der Waals surface area (Å²) >= 11 is 6.31. The second-order valence-electron chi connectivity index (χ2n) is 6.34. The minimum absolute atomic E-state index is 0.0929. The number of aromatic nitrogens is 2. The van der Waals surface area contributed by atoms with Crippen LogP contribution in [0, 0.1) is 5.92 Å². The molecule has 1 aromatic carbocycles. The quantitative estimate of drug-likeness (QED) is 0.778. The van der Waals surface area contributed by atoms with Crippen LogP contribution < -0.4 is 9.47 Å². The molecule has 0 radical (unpaired) electrons. The Morgan fingerprint density at radius 2 is 2.09 bits per heavy atom. The van der Waals surface area contributed by atoms with Crippen LogP contribution >= 0.6 is 11.6 Å². The van der Waals surface area contributed by atoms with E-state index in [0.717, 1.165) is 5.56 Å². The van der Waals surface area contributed by atoms with Crippen LogP contribution in [-0.2, 0) is 5.41 Å². The summed E-state index contributed by atoms with van der Waals surface area (Å²) in [4.78, 5) is 4.57. The average Bonchev–Trinajstić information content (AvgIpc) is 3.27. The second-order valence-corrected chi connectivity index (χ2v) is 6.75. The lowest BCUT2D eigenvalue weighted by Gasteiger charge is -2.18. The fourth-order valence-electron chi connectivity index (χ4n) is 2.72. The molecule has 2 aromatic rings. The summed E-state index contributed by atoms with van der Waals surface area (Å²) < 4.78 is 16.4. The van der Waals surface area contributed by atoms with Crippen LogP contribution in [0.5, 0.6) is 11.5 Å². The standard InChI is InChI=1S/C17H21ClN2O3/c1-5-22-14-12(18)8-10(9-13(14)21-4)15-19-16(23-20-15)17(2,3)11-6-7-11/h8-9,11H,5-7H2,1-4H3. The van der Waals surface area contributed by atoms with Gasteiger partial charge in [0.15, 0.2) is 11.5 Å². The van der Waals surface area contributed by atoms with Crippen molar-refractivity contribution in [3.05, 3.63) is 23.0 Å². The van der Waals surface area contributed by atoms with Crippen molar-refractivity contribution in [3.63, 3.8) is 0 Å². The molecule has 0 spiro atoms. The third-order valence-electron chi connectivity index (χ3n) is 4.35. The minimum Gasteiger partial charge on any atom is -0.493 e. The maximum atomic E-state index is 6.31. The molecule has 124 valence electrons. The van der Waals surface area contributed by atoms with Gasteiger partial charge in [0, 0.05) is 11.0 Å². The van der Waals surface area contributed by atoms with Crippen molar-refractivity contribution in [3.8, 4) is 22.9 Å². The summed E-state index contributed by atoms with van der Waals surface area (Å²) in [6.45, 7) is 6.70. The van der Waals surface area contributed by atoms with Gasteiger partial charge in [0.1, 0.15) is 0 Å². The lowest BCUT2D eigenvalue weighted by molar-refractivity contribution is 0.285. The molecule has 1 fully saturated rings. The Bertz CT molecular complexity index is 708. The summed E-state index contributed by atoms with van der Waals surface area (Å²) in [5.41, 5.74) is 0.654. The average molecular weight is 337 g/mol. The van der Waals surface area contributed by atoms with E-state index in [4.69, 9.17) is 25.6 Å². The van der Waals surface area contributed by atoms with E-state index in [9.17, 15) is 0 Å². The largest absolute Gasteiger partial charge is 0.493 e. The van der Waals surface area contributed by atoms with Gasteiger partial charge >= 0.3 is 0 Å². The molecule has 3 rings (SSSR count). The third-order valence-corrected chi connectivity index (χ3v) is 4.63.